The molecule has 1 saturated heterocycles. The van der Waals surface area contributed by atoms with Gasteiger partial charge < -0.3 is 24.6 Å². The molecular weight excluding hydrogens is 424 g/mol. The summed E-state index contributed by atoms with van der Waals surface area (Å²) in [6.45, 7) is 1.41. The van der Waals surface area contributed by atoms with Crippen LogP contribution in [0.2, 0.25) is 0 Å². The summed E-state index contributed by atoms with van der Waals surface area (Å²) in [5, 5.41) is 4.01. The molecule has 1 aliphatic rings. The van der Waals surface area contributed by atoms with Crippen LogP contribution < -0.4 is 15.4 Å². The largest absolute Gasteiger partial charge is 0.474 e. The molecule has 0 aliphatic carbocycles. The molecule has 11 nitrogen and oxygen atoms in total. The summed E-state index contributed by atoms with van der Waals surface area (Å²) in [5.41, 5.74) is 7.47. The Labute approximate surface area is 189 Å². The van der Waals surface area contributed by atoms with Gasteiger partial charge in [-0.3, -0.25) is 0 Å². The Balaban J connectivity index is 1.34. The Hall–Kier alpha value is -4.12. The van der Waals surface area contributed by atoms with E-state index in [4.69, 9.17) is 19.7 Å². The minimum Gasteiger partial charge on any atom is -0.474 e. The Morgan fingerprint density at radius 1 is 0.970 bits per heavy atom. The third-order valence-corrected chi connectivity index (χ3v) is 5.15. The average Bonchev–Trinajstić information content (AvgIpc) is 3.35. The van der Waals surface area contributed by atoms with Crippen LogP contribution in [-0.4, -0.2) is 56.4 Å². The smallest absolute Gasteiger partial charge is 0.259 e. The number of pyridine rings is 1. The van der Waals surface area contributed by atoms with Gasteiger partial charge in [0.15, 0.2) is 0 Å². The molecular formula is C22H22N8O3. The number of ether oxygens (including phenoxy) is 2. The van der Waals surface area contributed by atoms with Crippen molar-refractivity contribution >= 4 is 17.6 Å². The molecule has 1 aliphatic heterocycles. The number of nitrogens with zero attached hydrogens (tertiary/aromatic N) is 7. The first-order valence-corrected chi connectivity index (χ1v) is 10.5. The monoisotopic (exact) mass is 446 g/mol. The predicted octanol–water partition coefficient (Wildman–Crippen LogP) is 2.89. The second-order valence-electron chi connectivity index (χ2n) is 7.45. The number of anilines is 3. The molecule has 0 radical (unpaired) electrons. The molecule has 0 amide bonds. The van der Waals surface area contributed by atoms with E-state index in [1.54, 1.807) is 17.2 Å². The molecule has 168 valence electrons. The lowest BCUT2D eigenvalue weighted by Crippen LogP contribution is -2.26. The molecule has 1 fully saturated rings. The molecule has 1 aromatic carbocycles. The fourth-order valence-electron chi connectivity index (χ4n) is 3.37. The van der Waals surface area contributed by atoms with Crippen LogP contribution in [0.5, 0.6) is 5.88 Å². The van der Waals surface area contributed by atoms with Gasteiger partial charge in [-0.1, -0.05) is 23.4 Å². The Morgan fingerprint density at radius 2 is 1.79 bits per heavy atom. The number of aromatic nitrogens is 6. The van der Waals surface area contributed by atoms with Crippen LogP contribution in [0.25, 0.3) is 23.1 Å². The van der Waals surface area contributed by atoms with Crippen molar-refractivity contribution in [2.24, 2.45) is 0 Å². The van der Waals surface area contributed by atoms with Gasteiger partial charge in [-0.05, 0) is 18.2 Å². The Kier molecular flexibility index (Phi) is 5.77. The zero-order valence-corrected chi connectivity index (χ0v) is 18.0. The fourth-order valence-corrected chi connectivity index (χ4v) is 3.37. The Bertz CT molecular complexity index is 1210. The maximum atomic E-state index is 5.92. The summed E-state index contributed by atoms with van der Waals surface area (Å²) in [6, 6.07) is 13.3. The summed E-state index contributed by atoms with van der Waals surface area (Å²) in [5.74, 6) is 1.66. The number of nitrogens with two attached hydrogens (primary N) is 1. The first-order valence-electron chi connectivity index (χ1n) is 10.5. The summed E-state index contributed by atoms with van der Waals surface area (Å²) < 4.78 is 16.7. The van der Waals surface area contributed by atoms with Crippen LogP contribution in [0.4, 0.5) is 17.6 Å². The molecule has 0 saturated carbocycles. The van der Waals surface area contributed by atoms with E-state index >= 15 is 0 Å². The molecule has 5 rings (SSSR count). The second-order valence-corrected chi connectivity index (χ2v) is 7.45. The lowest BCUT2D eigenvalue weighted by molar-refractivity contribution is 0.0237. The van der Waals surface area contributed by atoms with Crippen molar-refractivity contribution in [3.05, 3.63) is 48.7 Å². The highest BCUT2D eigenvalue weighted by Gasteiger charge is 2.19. The number of nitrogen functional groups attached to an aromatic ring is 1. The summed E-state index contributed by atoms with van der Waals surface area (Å²) >= 11 is 0. The standard InChI is InChI=1S/C22H22N8O3/c1-30(15-5-3-2-4-6-15)22-27-18(26-21(23)28-22)19-25-20(33-29-19)14-7-8-17(24-13-14)32-16-9-11-31-12-10-16/h2-8,13,16H,9-12H2,1H3,(H2,23,26,27,28). The van der Waals surface area contributed by atoms with Gasteiger partial charge in [-0.25, -0.2) is 4.98 Å². The fraction of sp³-hybridized carbons (Fsp3) is 0.273. The van der Waals surface area contributed by atoms with Crippen molar-refractivity contribution in [3.63, 3.8) is 0 Å². The van der Waals surface area contributed by atoms with Gasteiger partial charge in [-0.15, -0.1) is 0 Å². The van der Waals surface area contributed by atoms with E-state index in [2.05, 4.69) is 30.1 Å². The van der Waals surface area contributed by atoms with E-state index in [0.29, 0.717) is 30.6 Å². The lowest BCUT2D eigenvalue weighted by atomic mass is 10.1. The van der Waals surface area contributed by atoms with Crippen molar-refractivity contribution < 1.29 is 14.0 Å². The minimum absolute atomic E-state index is 0.0559. The van der Waals surface area contributed by atoms with Crippen molar-refractivity contribution in [2.75, 3.05) is 30.9 Å². The summed E-state index contributed by atoms with van der Waals surface area (Å²) in [7, 11) is 1.84. The van der Waals surface area contributed by atoms with Gasteiger partial charge in [0.2, 0.25) is 29.4 Å². The third kappa shape index (κ3) is 4.72. The zero-order chi connectivity index (χ0) is 22.6. The van der Waals surface area contributed by atoms with E-state index in [1.165, 1.54) is 0 Å². The molecule has 2 N–H and O–H groups in total. The quantitative estimate of drug-likeness (QED) is 0.468. The van der Waals surface area contributed by atoms with Crippen LogP contribution in [0.15, 0.2) is 53.2 Å². The zero-order valence-electron chi connectivity index (χ0n) is 18.0. The average molecular weight is 446 g/mol. The van der Waals surface area contributed by atoms with Crippen molar-refractivity contribution in [3.8, 4) is 29.0 Å². The molecule has 0 spiro atoms. The molecule has 0 atom stereocenters. The predicted molar refractivity (Wildman–Crippen MR) is 120 cm³/mol. The van der Waals surface area contributed by atoms with Gasteiger partial charge in [-0.2, -0.15) is 19.9 Å². The first-order chi connectivity index (χ1) is 16.2. The van der Waals surface area contributed by atoms with Gasteiger partial charge in [0.1, 0.15) is 6.10 Å². The number of para-hydroxylation sites is 1. The number of rotatable bonds is 6. The van der Waals surface area contributed by atoms with Gasteiger partial charge >= 0.3 is 0 Å². The van der Waals surface area contributed by atoms with E-state index in [-0.39, 0.29) is 29.6 Å². The first kappa shape index (κ1) is 20.8. The maximum Gasteiger partial charge on any atom is 0.259 e. The Morgan fingerprint density at radius 3 is 2.55 bits per heavy atom. The number of hydrogen-bond donors (Lipinski definition) is 1. The van der Waals surface area contributed by atoms with Crippen LogP contribution in [0, 0.1) is 0 Å². The second kappa shape index (κ2) is 9.17. The SMILES string of the molecule is CN(c1ccccc1)c1nc(N)nc(-c2noc(-c3ccc(OC4CCOCC4)nc3)n2)n1. The van der Waals surface area contributed by atoms with Crippen molar-refractivity contribution in [1.29, 1.82) is 0 Å². The van der Waals surface area contributed by atoms with Crippen LogP contribution in [0.3, 0.4) is 0 Å². The van der Waals surface area contributed by atoms with Crippen molar-refractivity contribution in [2.45, 2.75) is 18.9 Å². The van der Waals surface area contributed by atoms with Crippen LogP contribution in [-0.2, 0) is 4.74 Å². The van der Waals surface area contributed by atoms with E-state index < -0.39 is 0 Å². The molecule has 33 heavy (non-hydrogen) atoms. The van der Waals surface area contributed by atoms with E-state index in [9.17, 15) is 0 Å². The number of hydrogen-bond acceptors (Lipinski definition) is 11. The molecule has 3 aromatic heterocycles. The molecule has 11 heteroatoms. The molecule has 0 bridgehead atoms. The van der Waals surface area contributed by atoms with Gasteiger partial charge in [0.05, 0.1) is 18.8 Å². The highest BCUT2D eigenvalue weighted by molar-refractivity contribution is 5.60. The van der Waals surface area contributed by atoms with E-state index in [1.807, 2.05) is 43.4 Å². The van der Waals surface area contributed by atoms with E-state index in [0.717, 1.165) is 18.5 Å². The van der Waals surface area contributed by atoms with Crippen molar-refractivity contribution in [1.82, 2.24) is 30.1 Å². The van der Waals surface area contributed by atoms with Crippen LogP contribution in [0.1, 0.15) is 12.8 Å². The third-order valence-electron chi connectivity index (χ3n) is 5.15. The molecule has 4 aromatic rings. The normalized spacial score (nSPS) is 14.2. The van der Waals surface area contributed by atoms with Gasteiger partial charge in [0, 0.05) is 37.8 Å². The highest BCUT2D eigenvalue weighted by Crippen LogP contribution is 2.25. The van der Waals surface area contributed by atoms with Gasteiger partial charge in [0.25, 0.3) is 5.89 Å². The minimum atomic E-state index is 0.0559. The lowest BCUT2D eigenvalue weighted by Gasteiger charge is -2.22. The number of benzene rings is 1. The topological polar surface area (TPSA) is 138 Å². The summed E-state index contributed by atoms with van der Waals surface area (Å²) in [4.78, 5) is 23.4. The highest BCUT2D eigenvalue weighted by atomic mass is 16.5. The summed E-state index contributed by atoms with van der Waals surface area (Å²) in [6.07, 6.45) is 3.45. The molecule has 4 heterocycles. The molecule has 0 unspecified atom stereocenters. The van der Waals surface area contributed by atoms with Crippen LogP contribution >= 0.6 is 0 Å². The maximum absolute atomic E-state index is 5.92.